The summed E-state index contributed by atoms with van der Waals surface area (Å²) >= 11 is 0. The Bertz CT molecular complexity index is 266. The summed E-state index contributed by atoms with van der Waals surface area (Å²) in [5.41, 5.74) is 0. The van der Waals surface area contributed by atoms with Gasteiger partial charge in [0.1, 0.15) is 0 Å². The fraction of sp³-hybridized carbons (Fsp3) is 1.00. The highest BCUT2D eigenvalue weighted by molar-refractivity contribution is 4.76. The lowest BCUT2D eigenvalue weighted by molar-refractivity contribution is 0.129. The molecule has 0 radical (unpaired) electrons. The summed E-state index contributed by atoms with van der Waals surface area (Å²) in [6.45, 7) is 12.6. The van der Waals surface area contributed by atoms with Gasteiger partial charge in [0.2, 0.25) is 0 Å². The van der Waals surface area contributed by atoms with Gasteiger partial charge in [-0.25, -0.2) is 0 Å². The standard InChI is InChI=1S/C18H36N2/c1-16(15-20-13-7-5-11-18(20)3)9-8-14-19-12-6-4-10-17(19)2/h16-18H,4-15H2,1-3H3. The molecule has 0 aromatic carbocycles. The van der Waals surface area contributed by atoms with Crippen LogP contribution in [0.15, 0.2) is 0 Å². The number of hydrogen-bond donors (Lipinski definition) is 0. The zero-order chi connectivity index (χ0) is 14.4. The minimum Gasteiger partial charge on any atom is -0.301 e. The molecule has 0 saturated carbocycles. The summed E-state index contributed by atoms with van der Waals surface area (Å²) in [4.78, 5) is 5.46. The molecule has 2 aliphatic heterocycles. The number of piperidine rings is 2. The molecule has 0 spiro atoms. The molecule has 118 valence electrons. The average Bonchev–Trinajstić information content (AvgIpc) is 2.43. The van der Waals surface area contributed by atoms with E-state index in [-0.39, 0.29) is 0 Å². The van der Waals surface area contributed by atoms with Gasteiger partial charge in [0, 0.05) is 18.6 Å². The zero-order valence-corrected chi connectivity index (χ0v) is 14.1. The average molecular weight is 280 g/mol. The molecule has 3 unspecified atom stereocenters. The van der Waals surface area contributed by atoms with E-state index in [2.05, 4.69) is 30.6 Å². The fourth-order valence-corrected chi connectivity index (χ4v) is 4.05. The van der Waals surface area contributed by atoms with E-state index in [0.717, 1.165) is 18.0 Å². The Labute approximate surface area is 126 Å². The van der Waals surface area contributed by atoms with E-state index in [1.54, 1.807) is 0 Å². The van der Waals surface area contributed by atoms with Crippen LogP contribution in [0.25, 0.3) is 0 Å². The molecular weight excluding hydrogens is 244 g/mol. The van der Waals surface area contributed by atoms with Gasteiger partial charge in [-0.2, -0.15) is 0 Å². The molecule has 2 aliphatic rings. The van der Waals surface area contributed by atoms with E-state index < -0.39 is 0 Å². The largest absolute Gasteiger partial charge is 0.301 e. The number of rotatable bonds is 6. The Morgan fingerprint density at radius 3 is 2.10 bits per heavy atom. The molecule has 0 aromatic heterocycles. The van der Waals surface area contributed by atoms with Crippen LogP contribution in [0.4, 0.5) is 0 Å². The van der Waals surface area contributed by atoms with Gasteiger partial charge < -0.3 is 9.80 Å². The molecule has 2 heteroatoms. The SMILES string of the molecule is CC(CCCN1CCCCC1C)CN1CCCCC1C. The molecule has 2 rings (SSSR count). The van der Waals surface area contributed by atoms with Gasteiger partial charge in [0.25, 0.3) is 0 Å². The van der Waals surface area contributed by atoms with Crippen LogP contribution < -0.4 is 0 Å². The molecule has 3 atom stereocenters. The van der Waals surface area contributed by atoms with Crippen molar-refractivity contribution in [1.82, 2.24) is 9.80 Å². The highest BCUT2D eigenvalue weighted by Crippen LogP contribution is 2.20. The Morgan fingerprint density at radius 1 is 0.900 bits per heavy atom. The number of nitrogens with zero attached hydrogens (tertiary/aromatic N) is 2. The van der Waals surface area contributed by atoms with Crippen molar-refractivity contribution in [3.8, 4) is 0 Å². The summed E-state index contributed by atoms with van der Waals surface area (Å²) in [5.74, 6) is 0.871. The molecule has 20 heavy (non-hydrogen) atoms. The molecule has 2 heterocycles. The van der Waals surface area contributed by atoms with E-state index in [1.165, 1.54) is 77.5 Å². The normalized spacial score (nSPS) is 31.4. The molecule has 2 fully saturated rings. The molecule has 0 bridgehead atoms. The lowest BCUT2D eigenvalue weighted by atomic mass is 9.98. The van der Waals surface area contributed by atoms with Gasteiger partial charge in [0.05, 0.1) is 0 Å². The Morgan fingerprint density at radius 2 is 1.50 bits per heavy atom. The van der Waals surface area contributed by atoms with E-state index in [4.69, 9.17) is 0 Å². The molecule has 2 nitrogen and oxygen atoms in total. The van der Waals surface area contributed by atoms with Gasteiger partial charge in [-0.3, -0.25) is 0 Å². The van der Waals surface area contributed by atoms with Crippen molar-refractivity contribution >= 4 is 0 Å². The van der Waals surface area contributed by atoms with Crippen molar-refractivity contribution in [2.75, 3.05) is 26.2 Å². The van der Waals surface area contributed by atoms with Crippen LogP contribution in [0.3, 0.4) is 0 Å². The van der Waals surface area contributed by atoms with Crippen molar-refractivity contribution in [1.29, 1.82) is 0 Å². The van der Waals surface area contributed by atoms with Crippen molar-refractivity contribution in [3.05, 3.63) is 0 Å². The first-order valence-electron chi connectivity index (χ1n) is 9.15. The minimum absolute atomic E-state index is 0.827. The molecule has 0 aromatic rings. The van der Waals surface area contributed by atoms with Gasteiger partial charge in [-0.15, -0.1) is 0 Å². The van der Waals surface area contributed by atoms with Crippen LogP contribution in [0.1, 0.15) is 72.1 Å². The molecule has 0 amide bonds. The second-order valence-electron chi connectivity index (χ2n) is 7.47. The summed E-state index contributed by atoms with van der Waals surface area (Å²) in [5, 5.41) is 0. The van der Waals surface area contributed by atoms with Crippen LogP contribution in [-0.2, 0) is 0 Å². The first kappa shape index (κ1) is 16.3. The smallest absolute Gasteiger partial charge is 0.00670 e. The molecule has 2 saturated heterocycles. The molecule has 0 N–H and O–H groups in total. The fourth-order valence-electron chi connectivity index (χ4n) is 4.05. The predicted molar refractivity (Wildman–Crippen MR) is 88.2 cm³/mol. The van der Waals surface area contributed by atoms with E-state index >= 15 is 0 Å². The van der Waals surface area contributed by atoms with Crippen molar-refractivity contribution < 1.29 is 0 Å². The Balaban J connectivity index is 1.60. The van der Waals surface area contributed by atoms with Gasteiger partial charge in [-0.05, 0) is 77.9 Å². The molecule has 0 aliphatic carbocycles. The second kappa shape index (κ2) is 8.38. The predicted octanol–water partition coefficient (Wildman–Crippen LogP) is 4.15. The van der Waals surface area contributed by atoms with Gasteiger partial charge in [0.15, 0.2) is 0 Å². The van der Waals surface area contributed by atoms with Crippen LogP contribution in [0.5, 0.6) is 0 Å². The monoisotopic (exact) mass is 280 g/mol. The summed E-state index contributed by atoms with van der Waals surface area (Å²) in [6.07, 6.45) is 11.4. The van der Waals surface area contributed by atoms with Crippen molar-refractivity contribution in [2.24, 2.45) is 5.92 Å². The van der Waals surface area contributed by atoms with Crippen molar-refractivity contribution in [3.63, 3.8) is 0 Å². The van der Waals surface area contributed by atoms with Crippen LogP contribution in [-0.4, -0.2) is 48.1 Å². The quantitative estimate of drug-likeness (QED) is 0.721. The highest BCUT2D eigenvalue weighted by atomic mass is 15.2. The van der Waals surface area contributed by atoms with Crippen LogP contribution >= 0.6 is 0 Å². The highest BCUT2D eigenvalue weighted by Gasteiger charge is 2.21. The zero-order valence-electron chi connectivity index (χ0n) is 14.1. The van der Waals surface area contributed by atoms with E-state index in [9.17, 15) is 0 Å². The van der Waals surface area contributed by atoms with E-state index in [0.29, 0.717) is 0 Å². The number of likely N-dealkylation sites (tertiary alicyclic amines) is 2. The van der Waals surface area contributed by atoms with E-state index in [1.807, 2.05) is 0 Å². The maximum atomic E-state index is 2.73. The summed E-state index contributed by atoms with van der Waals surface area (Å²) < 4.78 is 0. The topological polar surface area (TPSA) is 6.48 Å². The Hall–Kier alpha value is -0.0800. The molecular formula is C18H36N2. The first-order chi connectivity index (χ1) is 9.66. The number of hydrogen-bond acceptors (Lipinski definition) is 2. The lowest BCUT2D eigenvalue weighted by Crippen LogP contribution is -2.40. The van der Waals surface area contributed by atoms with Crippen LogP contribution in [0.2, 0.25) is 0 Å². The lowest BCUT2D eigenvalue weighted by Gasteiger charge is -2.36. The van der Waals surface area contributed by atoms with Gasteiger partial charge >= 0.3 is 0 Å². The first-order valence-corrected chi connectivity index (χ1v) is 9.15. The van der Waals surface area contributed by atoms with Gasteiger partial charge in [-0.1, -0.05) is 19.8 Å². The summed E-state index contributed by atoms with van der Waals surface area (Å²) in [7, 11) is 0. The second-order valence-corrected chi connectivity index (χ2v) is 7.47. The third-order valence-corrected chi connectivity index (χ3v) is 5.57. The maximum absolute atomic E-state index is 2.73. The summed E-state index contributed by atoms with van der Waals surface area (Å²) in [6, 6.07) is 1.66. The van der Waals surface area contributed by atoms with Crippen LogP contribution in [0, 0.1) is 5.92 Å². The maximum Gasteiger partial charge on any atom is 0.00670 e. The Kier molecular flexibility index (Phi) is 6.83. The minimum atomic E-state index is 0.827. The third kappa shape index (κ3) is 5.04. The third-order valence-electron chi connectivity index (χ3n) is 5.57. The van der Waals surface area contributed by atoms with Crippen molar-refractivity contribution in [2.45, 2.75) is 84.2 Å².